The molecular formula is C120H74N8. The molecular weight excluding hydrogens is 1550 g/mol. The van der Waals surface area contributed by atoms with Gasteiger partial charge in [0.15, 0.2) is 5.82 Å². The van der Waals surface area contributed by atoms with Crippen LogP contribution in [0.1, 0.15) is 0 Å². The van der Waals surface area contributed by atoms with Gasteiger partial charge in [-0.1, -0.05) is 249 Å². The summed E-state index contributed by atoms with van der Waals surface area (Å²) in [6.45, 7) is 0. The summed E-state index contributed by atoms with van der Waals surface area (Å²) in [4.78, 5) is 11.5. The molecule has 0 N–H and O–H groups in total. The third-order valence-electron chi connectivity index (χ3n) is 26.9. The predicted molar refractivity (Wildman–Crippen MR) is 536 cm³/mol. The SMILES string of the molecule is c1ccc(-n2c3ccccc3c3cc(-c4ccc5c(c4)c4cc(-c6ccc7c(c6)c6ccccc6n7-c6ccccc6)ccc4n5-c4cccc(-c5nc(-c6cccc(-n7c8ccc(-c9ccc%10c(c9)c9ccccc9n%10-c9ccccc9)cc8c8cc(-c9ccc%10c(c9)c9ccccc9n%10-c9ccccc9)ccc87)c6)c6ccc7ccccc7c6n5)c4)ccc32)cc1. The number of para-hydroxylation sites is 8. The molecule has 0 atom stereocenters. The molecule has 27 aromatic rings. The molecule has 0 bridgehead atoms. The van der Waals surface area contributed by atoms with Crippen LogP contribution in [0.3, 0.4) is 0 Å². The van der Waals surface area contributed by atoms with E-state index < -0.39 is 0 Å². The van der Waals surface area contributed by atoms with E-state index >= 15 is 0 Å². The Labute approximate surface area is 735 Å². The van der Waals surface area contributed by atoms with Crippen molar-refractivity contribution < 1.29 is 0 Å². The van der Waals surface area contributed by atoms with E-state index in [0.717, 1.165) is 161 Å². The third kappa shape index (κ3) is 11.0. The van der Waals surface area contributed by atoms with Crippen molar-refractivity contribution in [2.24, 2.45) is 0 Å². The van der Waals surface area contributed by atoms with Gasteiger partial charge in [0.05, 0.1) is 77.4 Å². The summed E-state index contributed by atoms with van der Waals surface area (Å²) < 4.78 is 14.5. The molecule has 0 saturated carbocycles. The van der Waals surface area contributed by atoms with E-state index in [1.165, 1.54) is 87.2 Å². The highest BCUT2D eigenvalue weighted by Gasteiger charge is 2.25. The Hall–Kier alpha value is -17.2. The van der Waals surface area contributed by atoms with Crippen LogP contribution in [0.25, 0.3) is 254 Å². The number of aromatic nitrogens is 8. The minimum atomic E-state index is 0.636. The Morgan fingerprint density at radius 1 is 0.133 bits per heavy atom. The van der Waals surface area contributed by atoms with Crippen molar-refractivity contribution in [2.45, 2.75) is 0 Å². The van der Waals surface area contributed by atoms with Crippen LogP contribution in [0, 0.1) is 0 Å². The van der Waals surface area contributed by atoms with Crippen LogP contribution in [0.2, 0.25) is 0 Å². The van der Waals surface area contributed by atoms with E-state index in [9.17, 15) is 0 Å². The second kappa shape index (κ2) is 28.2. The van der Waals surface area contributed by atoms with Crippen molar-refractivity contribution in [3.63, 3.8) is 0 Å². The van der Waals surface area contributed by atoms with Crippen molar-refractivity contribution in [1.29, 1.82) is 0 Å². The average Bonchev–Trinajstić information content (AvgIpc) is 1.55. The van der Waals surface area contributed by atoms with Gasteiger partial charge in [0.1, 0.15) is 0 Å². The summed E-state index contributed by atoms with van der Waals surface area (Å²) in [5.41, 5.74) is 33.2. The van der Waals surface area contributed by atoms with Gasteiger partial charge in [-0.2, -0.15) is 0 Å². The van der Waals surface area contributed by atoms with Gasteiger partial charge in [0.25, 0.3) is 0 Å². The first-order valence-corrected chi connectivity index (χ1v) is 43.9. The van der Waals surface area contributed by atoms with Crippen LogP contribution in [-0.2, 0) is 0 Å². The fourth-order valence-corrected chi connectivity index (χ4v) is 21.1. The quantitative estimate of drug-likeness (QED) is 0.114. The smallest absolute Gasteiger partial charge is 0.160 e. The van der Waals surface area contributed by atoms with Crippen LogP contribution in [0.5, 0.6) is 0 Å². The minimum Gasteiger partial charge on any atom is -0.309 e. The number of rotatable bonds is 12. The largest absolute Gasteiger partial charge is 0.309 e. The van der Waals surface area contributed by atoms with Gasteiger partial charge in [0.2, 0.25) is 0 Å². The summed E-state index contributed by atoms with van der Waals surface area (Å²) in [5.74, 6) is 0.636. The monoisotopic (exact) mass is 1630 g/mol. The number of hydrogen-bond acceptors (Lipinski definition) is 2. The van der Waals surface area contributed by atoms with Crippen LogP contribution < -0.4 is 0 Å². The first-order valence-electron chi connectivity index (χ1n) is 43.9. The topological polar surface area (TPSA) is 55.4 Å². The lowest BCUT2D eigenvalue weighted by Gasteiger charge is -2.15. The Bertz CT molecular complexity index is 8890. The molecule has 0 fully saturated rings. The van der Waals surface area contributed by atoms with Crippen molar-refractivity contribution in [3.05, 3.63) is 449 Å². The normalized spacial score (nSPS) is 12.1. The molecule has 7 aromatic heterocycles. The predicted octanol–water partition coefficient (Wildman–Crippen LogP) is 31.4. The fraction of sp³-hybridized carbons (Fsp3) is 0. The third-order valence-corrected chi connectivity index (χ3v) is 26.9. The number of benzene rings is 20. The second-order valence-electron chi connectivity index (χ2n) is 34.0. The van der Waals surface area contributed by atoms with Gasteiger partial charge < -0.3 is 27.4 Å². The molecule has 0 aliphatic heterocycles. The van der Waals surface area contributed by atoms with E-state index in [1.54, 1.807) is 0 Å². The molecule has 0 radical (unpaired) electrons. The number of nitrogens with zero attached hydrogens (tertiary/aromatic N) is 8. The van der Waals surface area contributed by atoms with Crippen LogP contribution in [0.15, 0.2) is 449 Å². The van der Waals surface area contributed by atoms with Crippen molar-refractivity contribution >= 4 is 153 Å². The van der Waals surface area contributed by atoms with Crippen molar-refractivity contribution in [1.82, 2.24) is 37.4 Å². The molecule has 0 unspecified atom stereocenters. The van der Waals surface area contributed by atoms with Gasteiger partial charge in [-0.3, -0.25) is 0 Å². The van der Waals surface area contributed by atoms with Gasteiger partial charge in [0, 0.05) is 121 Å². The maximum Gasteiger partial charge on any atom is 0.160 e. The van der Waals surface area contributed by atoms with Gasteiger partial charge >= 0.3 is 0 Å². The maximum absolute atomic E-state index is 5.82. The molecule has 594 valence electrons. The number of hydrogen-bond donors (Lipinski definition) is 0. The van der Waals surface area contributed by atoms with Gasteiger partial charge in [-0.25, -0.2) is 9.97 Å². The Morgan fingerprint density at radius 2 is 0.375 bits per heavy atom. The molecule has 0 aliphatic rings. The summed E-state index contributed by atoms with van der Waals surface area (Å²) in [6.07, 6.45) is 0. The summed E-state index contributed by atoms with van der Waals surface area (Å²) in [5, 5.41) is 17.5. The van der Waals surface area contributed by atoms with Gasteiger partial charge in [-0.05, 0) is 250 Å². The number of fused-ring (bicyclic) bond motifs is 21. The van der Waals surface area contributed by atoms with E-state index in [-0.39, 0.29) is 0 Å². The maximum atomic E-state index is 5.82. The standard InChI is InChI=1S/C120H74N8/c1-5-28-86(29-6-1)123-106-43-19-15-39-93(106)98-67-76(48-57-110(98)123)80-52-61-114-102(71-80)103-72-81(77-49-58-111-99(68-77)94-40-16-20-44-107(94)124(111)87-30-7-2-8-31-87)53-62-115(103)127(114)90-36-23-26-84(65-90)118-97-56-47-75-25-13-14-38-92(75)119(97)122-120(121-118)85-27-24-37-91(66-85)128-116-63-54-82(78-50-59-112-100(69-78)95-41-17-21-45-108(95)125(112)88-32-9-3-10-33-88)73-104(116)105-74-83(55-64-117(105)128)79-51-60-113-101(70-79)96-42-18-22-46-109(96)126(113)89-34-11-4-12-35-89/h1-74H. The van der Waals surface area contributed by atoms with Crippen LogP contribution in [0.4, 0.5) is 0 Å². The Balaban J connectivity index is 0.618. The minimum absolute atomic E-state index is 0.636. The van der Waals surface area contributed by atoms with Crippen LogP contribution in [-0.4, -0.2) is 37.4 Å². The molecule has 0 saturated heterocycles. The highest BCUT2D eigenvalue weighted by atomic mass is 15.0. The zero-order chi connectivity index (χ0) is 83.8. The van der Waals surface area contributed by atoms with E-state index in [2.05, 4.69) is 476 Å². The van der Waals surface area contributed by atoms with Crippen LogP contribution >= 0.6 is 0 Å². The highest BCUT2D eigenvalue weighted by molar-refractivity contribution is 6.19. The van der Waals surface area contributed by atoms with E-state index in [4.69, 9.17) is 9.97 Å². The molecule has 7 heterocycles. The lowest BCUT2D eigenvalue weighted by Crippen LogP contribution is -1.99. The van der Waals surface area contributed by atoms with E-state index in [1.807, 2.05) is 0 Å². The molecule has 0 amide bonds. The fourth-order valence-electron chi connectivity index (χ4n) is 21.1. The van der Waals surface area contributed by atoms with Gasteiger partial charge in [-0.15, -0.1) is 0 Å². The lowest BCUT2D eigenvalue weighted by molar-refractivity contribution is 1.17. The first kappa shape index (κ1) is 71.4. The zero-order valence-electron chi connectivity index (χ0n) is 69.3. The summed E-state index contributed by atoms with van der Waals surface area (Å²) in [6, 6.07) is 165. The molecule has 8 heteroatoms. The molecule has 0 spiro atoms. The highest BCUT2D eigenvalue weighted by Crippen LogP contribution is 2.47. The zero-order valence-corrected chi connectivity index (χ0v) is 69.3. The second-order valence-corrected chi connectivity index (χ2v) is 34.0. The lowest BCUT2D eigenvalue weighted by atomic mass is 9.98. The van der Waals surface area contributed by atoms with Crippen molar-refractivity contribution in [2.75, 3.05) is 0 Å². The molecule has 27 rings (SSSR count). The molecule has 8 nitrogen and oxygen atoms in total. The summed E-state index contributed by atoms with van der Waals surface area (Å²) >= 11 is 0. The first-order chi connectivity index (χ1) is 63.5. The molecule has 0 aliphatic carbocycles. The average molecular weight is 1630 g/mol. The Morgan fingerprint density at radius 3 is 0.695 bits per heavy atom. The Kier molecular flexibility index (Phi) is 15.7. The van der Waals surface area contributed by atoms with Crippen molar-refractivity contribution in [3.8, 4) is 101 Å². The van der Waals surface area contributed by atoms with E-state index in [0.29, 0.717) is 5.82 Å². The molecule has 128 heavy (non-hydrogen) atoms. The summed E-state index contributed by atoms with van der Waals surface area (Å²) in [7, 11) is 0. The molecule has 20 aromatic carbocycles.